The van der Waals surface area contributed by atoms with Gasteiger partial charge in [-0.1, -0.05) is 0 Å². The summed E-state index contributed by atoms with van der Waals surface area (Å²) >= 11 is 2.05. The van der Waals surface area contributed by atoms with Crippen molar-refractivity contribution in [2.45, 2.75) is 6.92 Å². The third-order valence-electron chi connectivity index (χ3n) is 3.02. The standard InChI is InChI=1S/C10H18N2OS/c1-9(13)12-7-10(8-12)6-11-2-4-14-5-3-11/h10H,2-8H2,1H3. The molecule has 0 aliphatic carbocycles. The summed E-state index contributed by atoms with van der Waals surface area (Å²) in [6.45, 7) is 7.30. The third kappa shape index (κ3) is 2.42. The highest BCUT2D eigenvalue weighted by Gasteiger charge is 2.30. The first-order valence-electron chi connectivity index (χ1n) is 5.31. The van der Waals surface area contributed by atoms with E-state index in [-0.39, 0.29) is 5.91 Å². The lowest BCUT2D eigenvalue weighted by Crippen LogP contribution is -2.53. The van der Waals surface area contributed by atoms with Crippen LogP contribution in [-0.4, -0.2) is 59.9 Å². The van der Waals surface area contributed by atoms with E-state index >= 15 is 0 Å². The van der Waals surface area contributed by atoms with Crippen molar-refractivity contribution in [2.24, 2.45) is 5.92 Å². The van der Waals surface area contributed by atoms with E-state index in [1.165, 1.54) is 31.1 Å². The van der Waals surface area contributed by atoms with Crippen LogP contribution in [0, 0.1) is 5.92 Å². The molecule has 2 rings (SSSR count). The number of nitrogens with zero attached hydrogens (tertiary/aromatic N) is 2. The second-order valence-corrected chi connectivity index (χ2v) is 5.43. The van der Waals surface area contributed by atoms with Gasteiger partial charge in [-0.3, -0.25) is 4.79 Å². The summed E-state index contributed by atoms with van der Waals surface area (Å²) in [5, 5.41) is 0. The molecule has 0 aromatic carbocycles. The molecule has 0 atom stereocenters. The van der Waals surface area contributed by atoms with Gasteiger partial charge >= 0.3 is 0 Å². The van der Waals surface area contributed by atoms with Gasteiger partial charge in [0.05, 0.1) is 0 Å². The number of hydrogen-bond donors (Lipinski definition) is 0. The lowest BCUT2D eigenvalue weighted by atomic mass is 9.99. The summed E-state index contributed by atoms with van der Waals surface area (Å²) in [4.78, 5) is 15.4. The second-order valence-electron chi connectivity index (χ2n) is 4.20. The van der Waals surface area contributed by atoms with E-state index in [4.69, 9.17) is 0 Å². The molecule has 14 heavy (non-hydrogen) atoms. The first kappa shape index (κ1) is 10.3. The molecule has 0 aromatic heterocycles. The van der Waals surface area contributed by atoms with Crippen LogP contribution in [0.3, 0.4) is 0 Å². The molecule has 0 N–H and O–H groups in total. The predicted octanol–water partition coefficient (Wildman–Crippen LogP) is 0.514. The number of thioether (sulfide) groups is 1. The number of carbonyl (C=O) groups excluding carboxylic acids is 1. The number of amides is 1. The zero-order valence-electron chi connectivity index (χ0n) is 8.74. The summed E-state index contributed by atoms with van der Waals surface area (Å²) in [5.41, 5.74) is 0. The van der Waals surface area contributed by atoms with Crippen LogP contribution in [0.2, 0.25) is 0 Å². The first-order chi connectivity index (χ1) is 6.75. The monoisotopic (exact) mass is 214 g/mol. The minimum Gasteiger partial charge on any atom is -0.342 e. The van der Waals surface area contributed by atoms with Crippen molar-refractivity contribution in [3.63, 3.8) is 0 Å². The normalized spacial score (nSPS) is 24.8. The van der Waals surface area contributed by atoms with E-state index < -0.39 is 0 Å². The molecule has 0 unspecified atom stereocenters. The molecule has 2 heterocycles. The number of likely N-dealkylation sites (tertiary alicyclic amines) is 1. The molecule has 0 spiro atoms. The maximum atomic E-state index is 11.0. The molecule has 4 heteroatoms. The second kappa shape index (κ2) is 4.53. The van der Waals surface area contributed by atoms with Gasteiger partial charge in [0.25, 0.3) is 0 Å². The van der Waals surface area contributed by atoms with Gasteiger partial charge < -0.3 is 9.80 Å². The van der Waals surface area contributed by atoms with Crippen molar-refractivity contribution in [3.8, 4) is 0 Å². The fraction of sp³-hybridized carbons (Fsp3) is 0.900. The van der Waals surface area contributed by atoms with E-state index in [0.29, 0.717) is 0 Å². The molecular formula is C10H18N2OS. The molecule has 0 aromatic rings. The summed E-state index contributed by atoms with van der Waals surface area (Å²) in [6, 6.07) is 0. The third-order valence-corrected chi connectivity index (χ3v) is 3.97. The highest BCUT2D eigenvalue weighted by atomic mass is 32.2. The Labute approximate surface area is 89.8 Å². The molecule has 80 valence electrons. The van der Waals surface area contributed by atoms with Crippen LogP contribution in [-0.2, 0) is 4.79 Å². The van der Waals surface area contributed by atoms with Crippen molar-refractivity contribution in [3.05, 3.63) is 0 Å². The van der Waals surface area contributed by atoms with Crippen molar-refractivity contribution < 1.29 is 4.79 Å². The lowest BCUT2D eigenvalue weighted by Gasteiger charge is -2.41. The Hall–Kier alpha value is -0.220. The van der Waals surface area contributed by atoms with Crippen LogP contribution < -0.4 is 0 Å². The molecular weight excluding hydrogens is 196 g/mol. The fourth-order valence-corrected chi connectivity index (χ4v) is 3.07. The molecule has 3 nitrogen and oxygen atoms in total. The Morgan fingerprint density at radius 3 is 2.57 bits per heavy atom. The average Bonchev–Trinajstić information content (AvgIpc) is 2.12. The van der Waals surface area contributed by atoms with Gasteiger partial charge in [-0.25, -0.2) is 0 Å². The van der Waals surface area contributed by atoms with Crippen LogP contribution in [0.25, 0.3) is 0 Å². The summed E-state index contributed by atoms with van der Waals surface area (Å²) in [6.07, 6.45) is 0. The fourth-order valence-electron chi connectivity index (χ4n) is 2.09. The van der Waals surface area contributed by atoms with Crippen LogP contribution in [0.4, 0.5) is 0 Å². The van der Waals surface area contributed by atoms with Crippen LogP contribution in [0.15, 0.2) is 0 Å². The Kier molecular flexibility index (Phi) is 3.34. The van der Waals surface area contributed by atoms with Gasteiger partial charge in [0.1, 0.15) is 0 Å². The van der Waals surface area contributed by atoms with Gasteiger partial charge in [-0.15, -0.1) is 0 Å². The Morgan fingerprint density at radius 1 is 1.36 bits per heavy atom. The quantitative estimate of drug-likeness (QED) is 0.669. The highest BCUT2D eigenvalue weighted by Crippen LogP contribution is 2.18. The molecule has 0 radical (unpaired) electrons. The van der Waals surface area contributed by atoms with Crippen molar-refractivity contribution in [1.29, 1.82) is 0 Å². The molecule has 2 aliphatic heterocycles. The lowest BCUT2D eigenvalue weighted by molar-refractivity contribution is -0.135. The van der Waals surface area contributed by atoms with E-state index in [2.05, 4.69) is 16.7 Å². The van der Waals surface area contributed by atoms with Crippen molar-refractivity contribution in [1.82, 2.24) is 9.80 Å². The minimum atomic E-state index is 0.232. The maximum absolute atomic E-state index is 11.0. The summed E-state index contributed by atoms with van der Waals surface area (Å²) < 4.78 is 0. The van der Waals surface area contributed by atoms with Gasteiger partial charge in [0.15, 0.2) is 0 Å². The Balaban J connectivity index is 1.65. The largest absolute Gasteiger partial charge is 0.342 e. The number of rotatable bonds is 2. The summed E-state index contributed by atoms with van der Waals surface area (Å²) in [7, 11) is 0. The van der Waals surface area contributed by atoms with Gasteiger partial charge in [0.2, 0.25) is 5.91 Å². The van der Waals surface area contributed by atoms with Crippen molar-refractivity contribution >= 4 is 17.7 Å². The topological polar surface area (TPSA) is 23.6 Å². The molecule has 2 saturated heterocycles. The van der Waals surface area contributed by atoms with Crippen molar-refractivity contribution in [2.75, 3.05) is 44.2 Å². The molecule has 0 bridgehead atoms. The molecule has 2 fully saturated rings. The van der Waals surface area contributed by atoms with Crippen LogP contribution in [0.1, 0.15) is 6.92 Å². The minimum absolute atomic E-state index is 0.232. The molecule has 0 saturated carbocycles. The van der Waals surface area contributed by atoms with Crippen LogP contribution >= 0.6 is 11.8 Å². The smallest absolute Gasteiger partial charge is 0.219 e. The van der Waals surface area contributed by atoms with E-state index in [1.807, 2.05) is 4.90 Å². The van der Waals surface area contributed by atoms with Gasteiger partial charge in [-0.2, -0.15) is 11.8 Å². The summed E-state index contributed by atoms with van der Waals surface area (Å²) in [5.74, 6) is 3.53. The molecule has 1 amide bonds. The van der Waals surface area contributed by atoms with E-state index in [9.17, 15) is 4.79 Å². The predicted molar refractivity (Wildman–Crippen MR) is 59.5 cm³/mol. The Bertz CT molecular complexity index is 210. The number of carbonyl (C=O) groups is 1. The molecule has 2 aliphatic rings. The van der Waals surface area contributed by atoms with Gasteiger partial charge in [-0.05, 0) is 0 Å². The van der Waals surface area contributed by atoms with E-state index in [0.717, 1.165) is 19.0 Å². The highest BCUT2D eigenvalue weighted by molar-refractivity contribution is 7.99. The number of hydrogen-bond acceptors (Lipinski definition) is 3. The van der Waals surface area contributed by atoms with Crippen LogP contribution in [0.5, 0.6) is 0 Å². The van der Waals surface area contributed by atoms with E-state index in [1.54, 1.807) is 6.92 Å². The average molecular weight is 214 g/mol. The zero-order chi connectivity index (χ0) is 9.97. The maximum Gasteiger partial charge on any atom is 0.219 e. The first-order valence-corrected chi connectivity index (χ1v) is 6.47. The zero-order valence-corrected chi connectivity index (χ0v) is 9.55. The SMILES string of the molecule is CC(=O)N1CC(CN2CCSCC2)C1. The van der Waals surface area contributed by atoms with Gasteiger partial charge in [0, 0.05) is 57.1 Å². The Morgan fingerprint density at radius 2 is 2.00 bits per heavy atom.